The highest BCUT2D eigenvalue weighted by Crippen LogP contribution is 2.31. The number of rotatable bonds is 6. The number of nitrogens with zero attached hydrogens (tertiary/aromatic N) is 3. The Morgan fingerprint density at radius 3 is 2.68 bits per heavy atom. The van der Waals surface area contributed by atoms with Gasteiger partial charge in [-0.1, -0.05) is 42.5 Å². The number of halogens is 1. The summed E-state index contributed by atoms with van der Waals surface area (Å²) >= 11 is 0. The SMILES string of the molecule is CN=C(NCc1ccccc1Cn1cccn1)NCC1CC(=O)Nc2ccccc21.I. The van der Waals surface area contributed by atoms with Crippen LogP contribution >= 0.6 is 24.0 Å². The van der Waals surface area contributed by atoms with Crippen LogP contribution in [0.1, 0.15) is 29.0 Å². The van der Waals surface area contributed by atoms with Gasteiger partial charge in [-0.2, -0.15) is 5.10 Å². The Bertz CT molecular complexity index is 1030. The van der Waals surface area contributed by atoms with Crippen LogP contribution in [0, 0.1) is 0 Å². The van der Waals surface area contributed by atoms with Gasteiger partial charge in [0.15, 0.2) is 5.96 Å². The van der Waals surface area contributed by atoms with Gasteiger partial charge in [-0.25, -0.2) is 0 Å². The molecule has 7 nitrogen and oxygen atoms in total. The van der Waals surface area contributed by atoms with E-state index in [0.717, 1.165) is 17.8 Å². The first-order valence-corrected chi connectivity index (χ1v) is 10.1. The molecule has 2 aromatic carbocycles. The van der Waals surface area contributed by atoms with Crippen molar-refractivity contribution in [1.29, 1.82) is 0 Å². The molecule has 8 heteroatoms. The smallest absolute Gasteiger partial charge is 0.225 e. The summed E-state index contributed by atoms with van der Waals surface area (Å²) in [5.74, 6) is 0.879. The maximum Gasteiger partial charge on any atom is 0.225 e. The Labute approximate surface area is 199 Å². The Morgan fingerprint density at radius 1 is 1.13 bits per heavy atom. The van der Waals surface area contributed by atoms with E-state index in [-0.39, 0.29) is 35.8 Å². The van der Waals surface area contributed by atoms with Gasteiger partial charge in [-0.15, -0.1) is 24.0 Å². The maximum atomic E-state index is 12.0. The topological polar surface area (TPSA) is 83.3 Å². The standard InChI is InChI=1S/C23H26N6O.HI/c1-24-23(26-15-19-13-22(30)28-21-10-5-4-9-20(19)21)25-14-17-7-2-3-8-18(17)16-29-12-6-11-27-29;/h2-12,19H,13-16H2,1H3,(H,28,30)(H2,24,25,26);1H. The zero-order chi connectivity index (χ0) is 20.8. The highest BCUT2D eigenvalue weighted by Gasteiger charge is 2.24. The highest BCUT2D eigenvalue weighted by molar-refractivity contribution is 14.0. The van der Waals surface area contributed by atoms with Crippen LogP contribution in [0.25, 0.3) is 0 Å². The fourth-order valence-corrected chi connectivity index (χ4v) is 3.76. The molecule has 0 saturated heterocycles. The quantitative estimate of drug-likeness (QED) is 0.260. The van der Waals surface area contributed by atoms with Crippen LogP contribution < -0.4 is 16.0 Å². The Hall–Kier alpha value is -2.88. The minimum Gasteiger partial charge on any atom is -0.356 e. The van der Waals surface area contributed by atoms with Gasteiger partial charge in [-0.3, -0.25) is 14.5 Å². The van der Waals surface area contributed by atoms with Crippen LogP contribution in [-0.2, 0) is 17.9 Å². The molecule has 2 heterocycles. The van der Waals surface area contributed by atoms with Gasteiger partial charge in [-0.05, 0) is 28.8 Å². The van der Waals surface area contributed by atoms with Crippen molar-refractivity contribution in [1.82, 2.24) is 20.4 Å². The van der Waals surface area contributed by atoms with Crippen molar-refractivity contribution in [3.63, 3.8) is 0 Å². The fraction of sp³-hybridized carbons (Fsp3) is 0.261. The lowest BCUT2D eigenvalue weighted by molar-refractivity contribution is -0.116. The third kappa shape index (κ3) is 5.84. The van der Waals surface area contributed by atoms with Crippen molar-refractivity contribution < 1.29 is 4.79 Å². The molecule has 0 bridgehead atoms. The molecule has 0 spiro atoms. The normalized spacial score (nSPS) is 15.5. The van der Waals surface area contributed by atoms with Crippen molar-refractivity contribution in [3.05, 3.63) is 83.7 Å². The van der Waals surface area contributed by atoms with Crippen LogP contribution in [0.2, 0.25) is 0 Å². The summed E-state index contributed by atoms with van der Waals surface area (Å²) < 4.78 is 1.91. The molecule has 1 amide bonds. The summed E-state index contributed by atoms with van der Waals surface area (Å²) in [6.45, 7) is 2.02. The molecule has 31 heavy (non-hydrogen) atoms. The van der Waals surface area contributed by atoms with E-state index >= 15 is 0 Å². The van der Waals surface area contributed by atoms with E-state index in [2.05, 4.69) is 44.2 Å². The Balaban J connectivity index is 0.00000272. The lowest BCUT2D eigenvalue weighted by Gasteiger charge is -2.26. The van der Waals surface area contributed by atoms with Gasteiger partial charge in [0, 0.05) is 50.6 Å². The molecule has 3 N–H and O–H groups in total. The van der Waals surface area contributed by atoms with Crippen LogP contribution in [0.4, 0.5) is 5.69 Å². The number of anilines is 1. The number of hydrogen-bond donors (Lipinski definition) is 3. The predicted molar refractivity (Wildman–Crippen MR) is 134 cm³/mol. The first-order chi connectivity index (χ1) is 14.7. The van der Waals surface area contributed by atoms with E-state index in [0.29, 0.717) is 25.5 Å². The molecular formula is C23H27IN6O. The molecular weight excluding hydrogens is 503 g/mol. The third-order valence-corrected chi connectivity index (χ3v) is 5.30. The first kappa shape index (κ1) is 22.8. The van der Waals surface area contributed by atoms with Crippen LogP contribution in [-0.4, -0.2) is 35.2 Å². The molecule has 0 radical (unpaired) electrons. The van der Waals surface area contributed by atoms with Crippen molar-refractivity contribution in [3.8, 4) is 0 Å². The first-order valence-electron chi connectivity index (χ1n) is 10.1. The van der Waals surface area contributed by atoms with Crippen LogP contribution in [0.5, 0.6) is 0 Å². The molecule has 1 atom stereocenters. The number of amides is 1. The summed E-state index contributed by atoms with van der Waals surface area (Å²) in [5, 5.41) is 14.0. The van der Waals surface area contributed by atoms with E-state index in [4.69, 9.17) is 0 Å². The van der Waals surface area contributed by atoms with Crippen molar-refractivity contribution in [2.45, 2.75) is 25.4 Å². The number of hydrogen-bond acceptors (Lipinski definition) is 3. The minimum absolute atomic E-state index is 0. The van der Waals surface area contributed by atoms with Gasteiger partial charge < -0.3 is 16.0 Å². The highest BCUT2D eigenvalue weighted by atomic mass is 127. The number of fused-ring (bicyclic) bond motifs is 1. The Kier molecular flexibility index (Phi) is 8.05. The van der Waals surface area contributed by atoms with Gasteiger partial charge in [0.25, 0.3) is 0 Å². The molecule has 162 valence electrons. The van der Waals surface area contributed by atoms with Crippen molar-refractivity contribution in [2.24, 2.45) is 4.99 Å². The molecule has 0 fully saturated rings. The predicted octanol–water partition coefficient (Wildman–Crippen LogP) is 3.34. The van der Waals surface area contributed by atoms with E-state index in [1.807, 2.05) is 47.3 Å². The lowest BCUT2D eigenvalue weighted by Crippen LogP contribution is -2.40. The molecule has 3 aromatic rings. The lowest BCUT2D eigenvalue weighted by atomic mass is 9.90. The summed E-state index contributed by atoms with van der Waals surface area (Å²) in [6, 6.07) is 18.2. The summed E-state index contributed by atoms with van der Waals surface area (Å²) in [7, 11) is 1.76. The molecule has 1 aliphatic heterocycles. The molecule has 0 aliphatic carbocycles. The minimum atomic E-state index is 0. The number of aromatic nitrogens is 2. The second-order valence-corrected chi connectivity index (χ2v) is 7.32. The number of nitrogens with one attached hydrogen (secondary N) is 3. The van der Waals surface area contributed by atoms with Crippen LogP contribution in [0.3, 0.4) is 0 Å². The van der Waals surface area contributed by atoms with E-state index in [1.54, 1.807) is 13.2 Å². The van der Waals surface area contributed by atoms with Gasteiger partial charge in [0.05, 0.1) is 6.54 Å². The monoisotopic (exact) mass is 530 g/mol. The second-order valence-electron chi connectivity index (χ2n) is 7.32. The van der Waals surface area contributed by atoms with Crippen LogP contribution in [0.15, 0.2) is 72.0 Å². The molecule has 1 aromatic heterocycles. The summed E-state index contributed by atoms with van der Waals surface area (Å²) in [6.07, 6.45) is 4.22. The summed E-state index contributed by atoms with van der Waals surface area (Å²) in [5.41, 5.74) is 4.46. The number of carbonyl (C=O) groups is 1. The van der Waals surface area contributed by atoms with E-state index in [9.17, 15) is 4.79 Å². The Morgan fingerprint density at radius 2 is 1.90 bits per heavy atom. The maximum absolute atomic E-state index is 12.0. The largest absolute Gasteiger partial charge is 0.356 e. The number of aliphatic imine (C=N–C) groups is 1. The number of guanidine groups is 1. The molecule has 0 saturated carbocycles. The average Bonchev–Trinajstić information content (AvgIpc) is 3.27. The third-order valence-electron chi connectivity index (χ3n) is 5.30. The zero-order valence-corrected chi connectivity index (χ0v) is 19.7. The second kappa shape index (κ2) is 10.9. The van der Waals surface area contributed by atoms with Gasteiger partial charge in [0.2, 0.25) is 5.91 Å². The number of benzene rings is 2. The van der Waals surface area contributed by atoms with Gasteiger partial charge in [0.1, 0.15) is 0 Å². The molecule has 1 aliphatic rings. The fourth-order valence-electron chi connectivity index (χ4n) is 3.76. The van der Waals surface area contributed by atoms with E-state index in [1.165, 1.54) is 11.1 Å². The molecule has 4 rings (SSSR count). The average molecular weight is 530 g/mol. The van der Waals surface area contributed by atoms with Crippen molar-refractivity contribution >= 4 is 41.5 Å². The summed E-state index contributed by atoms with van der Waals surface area (Å²) in [4.78, 5) is 16.4. The van der Waals surface area contributed by atoms with E-state index < -0.39 is 0 Å². The molecule has 1 unspecified atom stereocenters. The zero-order valence-electron chi connectivity index (χ0n) is 17.4. The number of para-hydroxylation sites is 1. The van der Waals surface area contributed by atoms with Gasteiger partial charge >= 0.3 is 0 Å². The number of carbonyl (C=O) groups excluding carboxylic acids is 1. The van der Waals surface area contributed by atoms with Crippen molar-refractivity contribution in [2.75, 3.05) is 18.9 Å².